The predicted octanol–water partition coefficient (Wildman–Crippen LogP) is 1.28. The Bertz CT molecular complexity index is 182. The summed E-state index contributed by atoms with van der Waals surface area (Å²) in [5.41, 5.74) is 0. The molecule has 2 atom stereocenters. The van der Waals surface area contributed by atoms with Gasteiger partial charge in [-0.25, -0.2) is 0 Å². The van der Waals surface area contributed by atoms with E-state index in [1.54, 1.807) is 0 Å². The Morgan fingerprint density at radius 3 is 2.21 bits per heavy atom. The van der Waals surface area contributed by atoms with Crippen LogP contribution in [0.2, 0.25) is 0 Å². The van der Waals surface area contributed by atoms with E-state index in [1.807, 2.05) is 0 Å². The normalized spacial score (nSPS) is 39.0. The van der Waals surface area contributed by atoms with Crippen molar-refractivity contribution in [1.29, 1.82) is 0 Å². The van der Waals surface area contributed by atoms with Gasteiger partial charge in [0.2, 0.25) is 0 Å². The Balaban J connectivity index is 2.04. The van der Waals surface area contributed by atoms with Crippen molar-refractivity contribution in [2.45, 2.75) is 25.9 Å². The van der Waals surface area contributed by atoms with Gasteiger partial charge < -0.3 is 10.2 Å². The lowest BCUT2D eigenvalue weighted by Gasteiger charge is -2.48. The molecule has 2 saturated heterocycles. The van der Waals surface area contributed by atoms with Crippen molar-refractivity contribution in [1.82, 2.24) is 10.2 Å². The third-order valence-corrected chi connectivity index (χ3v) is 5.01. The second kappa shape index (κ2) is 4.42. The highest BCUT2D eigenvalue weighted by atomic mass is 32.2. The van der Waals surface area contributed by atoms with Crippen molar-refractivity contribution in [3.63, 3.8) is 0 Å². The van der Waals surface area contributed by atoms with Crippen LogP contribution in [0.1, 0.15) is 13.8 Å². The van der Waals surface area contributed by atoms with E-state index in [0.717, 1.165) is 23.9 Å². The Kier molecular flexibility index (Phi) is 3.40. The summed E-state index contributed by atoms with van der Waals surface area (Å²) < 4.78 is 0. The number of nitrogens with zero attached hydrogens (tertiary/aromatic N) is 1. The molecule has 2 fully saturated rings. The first-order chi connectivity index (χ1) is 6.72. The first-order valence-electron chi connectivity index (χ1n) is 5.71. The van der Waals surface area contributed by atoms with Crippen LogP contribution >= 0.6 is 11.8 Å². The first-order valence-corrected chi connectivity index (χ1v) is 6.87. The second-order valence-electron chi connectivity index (χ2n) is 4.92. The van der Waals surface area contributed by atoms with E-state index in [9.17, 15) is 0 Å². The highest BCUT2D eigenvalue weighted by molar-refractivity contribution is 7.99. The molecule has 14 heavy (non-hydrogen) atoms. The van der Waals surface area contributed by atoms with Gasteiger partial charge in [-0.1, -0.05) is 0 Å². The van der Waals surface area contributed by atoms with Crippen molar-refractivity contribution in [2.24, 2.45) is 11.8 Å². The van der Waals surface area contributed by atoms with Crippen molar-refractivity contribution in [3.05, 3.63) is 0 Å². The van der Waals surface area contributed by atoms with Crippen LogP contribution < -0.4 is 5.32 Å². The molecular formula is C11H22N2S. The van der Waals surface area contributed by atoms with Gasteiger partial charge in [0.15, 0.2) is 0 Å². The molecule has 2 bridgehead atoms. The summed E-state index contributed by atoms with van der Waals surface area (Å²) in [4.78, 5) is 2.66. The summed E-state index contributed by atoms with van der Waals surface area (Å²) in [6, 6.07) is 1.51. The Labute approximate surface area is 91.8 Å². The molecule has 2 aliphatic heterocycles. The van der Waals surface area contributed by atoms with E-state index in [2.05, 4.69) is 42.9 Å². The van der Waals surface area contributed by atoms with Crippen molar-refractivity contribution >= 4 is 11.8 Å². The zero-order valence-corrected chi connectivity index (χ0v) is 10.3. The number of fused-ring (bicyclic) bond motifs is 2. The summed E-state index contributed by atoms with van der Waals surface area (Å²) in [7, 11) is 2.13. The quantitative estimate of drug-likeness (QED) is 0.745. The van der Waals surface area contributed by atoms with Gasteiger partial charge in [-0.2, -0.15) is 11.8 Å². The molecule has 2 unspecified atom stereocenters. The van der Waals surface area contributed by atoms with E-state index >= 15 is 0 Å². The van der Waals surface area contributed by atoms with Crippen molar-refractivity contribution in [3.8, 4) is 0 Å². The minimum Gasteiger partial charge on any atom is -0.316 e. The minimum absolute atomic E-state index is 0.723. The fraction of sp³-hybridized carbons (Fsp3) is 1.00. The van der Waals surface area contributed by atoms with Gasteiger partial charge in [0.05, 0.1) is 0 Å². The van der Waals surface area contributed by atoms with Crippen LogP contribution in [0.5, 0.6) is 0 Å². The Hall–Kier alpha value is 0.270. The lowest BCUT2D eigenvalue weighted by Crippen LogP contribution is -2.59. The highest BCUT2D eigenvalue weighted by Gasteiger charge is 2.39. The van der Waals surface area contributed by atoms with E-state index in [0.29, 0.717) is 0 Å². The van der Waals surface area contributed by atoms with Crippen LogP contribution in [-0.2, 0) is 0 Å². The minimum atomic E-state index is 0.723. The maximum absolute atomic E-state index is 3.53. The van der Waals surface area contributed by atoms with E-state index < -0.39 is 0 Å². The van der Waals surface area contributed by atoms with Crippen LogP contribution in [0, 0.1) is 11.8 Å². The molecule has 2 rings (SSSR count). The van der Waals surface area contributed by atoms with Gasteiger partial charge in [-0.15, -0.1) is 0 Å². The molecule has 0 spiro atoms. The number of likely N-dealkylation sites (tertiary alicyclic amines) is 1. The smallest absolute Gasteiger partial charge is 0.0161 e. The molecule has 2 aliphatic rings. The third kappa shape index (κ3) is 1.95. The van der Waals surface area contributed by atoms with Gasteiger partial charge >= 0.3 is 0 Å². The Morgan fingerprint density at radius 1 is 1.21 bits per heavy atom. The monoisotopic (exact) mass is 214 g/mol. The van der Waals surface area contributed by atoms with Crippen molar-refractivity contribution < 1.29 is 0 Å². The maximum Gasteiger partial charge on any atom is 0.0161 e. The molecule has 2 nitrogen and oxygen atoms in total. The standard InChI is InChI=1S/C11H22N2S/c1-8(2)13-4-9-6-14-7-10(5-13)11(9)12-3/h8-12H,4-7H2,1-3H3. The lowest BCUT2D eigenvalue weighted by molar-refractivity contribution is 0.0796. The first kappa shape index (κ1) is 10.8. The zero-order valence-electron chi connectivity index (χ0n) is 9.49. The second-order valence-corrected chi connectivity index (χ2v) is 5.99. The van der Waals surface area contributed by atoms with E-state index in [-0.39, 0.29) is 0 Å². The van der Waals surface area contributed by atoms with E-state index in [4.69, 9.17) is 0 Å². The molecule has 0 aromatic rings. The fourth-order valence-electron chi connectivity index (χ4n) is 2.87. The summed E-state index contributed by atoms with van der Waals surface area (Å²) >= 11 is 2.15. The molecule has 0 amide bonds. The SMILES string of the molecule is CNC1C2CSCC1CN(C(C)C)C2. The molecule has 0 saturated carbocycles. The molecular weight excluding hydrogens is 192 g/mol. The molecule has 0 radical (unpaired) electrons. The summed E-state index contributed by atoms with van der Waals surface area (Å²) in [6.45, 7) is 7.24. The van der Waals surface area contributed by atoms with Crippen LogP contribution in [0.3, 0.4) is 0 Å². The van der Waals surface area contributed by atoms with Crippen LogP contribution in [0.25, 0.3) is 0 Å². The number of piperidine rings is 1. The number of hydrogen-bond acceptors (Lipinski definition) is 3. The van der Waals surface area contributed by atoms with Gasteiger partial charge in [0, 0.05) is 25.2 Å². The highest BCUT2D eigenvalue weighted by Crippen LogP contribution is 2.33. The molecule has 0 aromatic carbocycles. The Morgan fingerprint density at radius 2 is 1.79 bits per heavy atom. The molecule has 82 valence electrons. The number of rotatable bonds is 2. The van der Waals surface area contributed by atoms with Gasteiger partial charge in [0.25, 0.3) is 0 Å². The van der Waals surface area contributed by atoms with E-state index in [1.165, 1.54) is 24.6 Å². The summed E-state index contributed by atoms with van der Waals surface area (Å²) in [5, 5.41) is 3.53. The van der Waals surface area contributed by atoms with Gasteiger partial charge in [-0.3, -0.25) is 0 Å². The predicted molar refractivity (Wildman–Crippen MR) is 63.9 cm³/mol. The largest absolute Gasteiger partial charge is 0.316 e. The zero-order chi connectivity index (χ0) is 10.1. The fourth-order valence-corrected chi connectivity index (χ4v) is 4.23. The topological polar surface area (TPSA) is 15.3 Å². The summed E-state index contributed by atoms with van der Waals surface area (Å²) in [6.07, 6.45) is 0. The average molecular weight is 214 g/mol. The number of nitrogens with one attached hydrogen (secondary N) is 1. The molecule has 3 heteroatoms. The van der Waals surface area contributed by atoms with Crippen LogP contribution in [0.4, 0.5) is 0 Å². The number of thioether (sulfide) groups is 1. The molecule has 1 N–H and O–H groups in total. The molecule has 0 aromatic heterocycles. The summed E-state index contributed by atoms with van der Waals surface area (Å²) in [5.74, 6) is 4.45. The molecule has 2 heterocycles. The molecule has 0 aliphatic carbocycles. The van der Waals surface area contributed by atoms with Crippen LogP contribution in [0.15, 0.2) is 0 Å². The van der Waals surface area contributed by atoms with Crippen molar-refractivity contribution in [2.75, 3.05) is 31.6 Å². The van der Waals surface area contributed by atoms with Gasteiger partial charge in [0.1, 0.15) is 0 Å². The maximum atomic E-state index is 3.53. The van der Waals surface area contributed by atoms with Crippen LogP contribution in [-0.4, -0.2) is 48.6 Å². The van der Waals surface area contributed by atoms with Gasteiger partial charge in [-0.05, 0) is 44.2 Å². The average Bonchev–Trinajstić information content (AvgIpc) is 2.15. The lowest BCUT2D eigenvalue weighted by atomic mass is 9.84. The third-order valence-electron chi connectivity index (χ3n) is 3.68. The number of hydrogen-bond donors (Lipinski definition) is 1.